The van der Waals surface area contributed by atoms with Gasteiger partial charge in [-0.3, -0.25) is 14.5 Å². The lowest BCUT2D eigenvalue weighted by molar-refractivity contribution is -0.132. The standard InChI is InChI=1S/C24H17ClFNO3/c1-14-6-8-15(9-7-14)22(28)20-21(18-4-2-3-5-19(18)25)27(24(30)23(20)29)17-12-10-16(26)11-13-17/h2-13,21,28H,1H3/b22-20+. The van der Waals surface area contributed by atoms with Crippen LogP contribution in [0.15, 0.2) is 78.4 Å². The Kier molecular flexibility index (Phi) is 5.14. The van der Waals surface area contributed by atoms with Gasteiger partial charge in [0.1, 0.15) is 11.6 Å². The van der Waals surface area contributed by atoms with Gasteiger partial charge in [-0.15, -0.1) is 0 Å². The number of rotatable bonds is 3. The lowest BCUT2D eigenvalue weighted by Gasteiger charge is -2.26. The molecule has 1 atom stereocenters. The molecular weight excluding hydrogens is 405 g/mol. The number of hydrogen-bond acceptors (Lipinski definition) is 3. The lowest BCUT2D eigenvalue weighted by atomic mass is 9.95. The molecule has 1 fully saturated rings. The summed E-state index contributed by atoms with van der Waals surface area (Å²) in [5.74, 6) is -2.41. The Labute approximate surface area is 177 Å². The van der Waals surface area contributed by atoms with E-state index in [1.165, 1.54) is 29.2 Å². The Morgan fingerprint density at radius 3 is 2.23 bits per heavy atom. The monoisotopic (exact) mass is 421 g/mol. The second-order valence-electron chi connectivity index (χ2n) is 7.03. The average Bonchev–Trinajstić information content (AvgIpc) is 3.00. The fraction of sp³-hybridized carbons (Fsp3) is 0.0833. The second-order valence-corrected chi connectivity index (χ2v) is 7.44. The van der Waals surface area contributed by atoms with Gasteiger partial charge in [-0.1, -0.05) is 59.6 Å². The Morgan fingerprint density at radius 1 is 0.967 bits per heavy atom. The minimum absolute atomic E-state index is 0.0683. The van der Waals surface area contributed by atoms with Crippen molar-refractivity contribution >= 4 is 34.7 Å². The predicted molar refractivity (Wildman–Crippen MR) is 114 cm³/mol. The summed E-state index contributed by atoms with van der Waals surface area (Å²) in [6.45, 7) is 1.90. The number of benzene rings is 3. The van der Waals surface area contributed by atoms with E-state index < -0.39 is 23.5 Å². The summed E-state index contributed by atoms with van der Waals surface area (Å²) < 4.78 is 13.4. The van der Waals surface area contributed by atoms with Gasteiger partial charge in [-0.25, -0.2) is 4.39 Å². The molecule has 0 aliphatic carbocycles. The average molecular weight is 422 g/mol. The van der Waals surface area contributed by atoms with Gasteiger partial charge in [0.15, 0.2) is 0 Å². The van der Waals surface area contributed by atoms with Gasteiger partial charge in [0.25, 0.3) is 11.7 Å². The number of ketones is 1. The molecule has 30 heavy (non-hydrogen) atoms. The largest absolute Gasteiger partial charge is 0.507 e. The molecule has 1 aliphatic heterocycles. The number of carbonyl (C=O) groups excluding carboxylic acids is 2. The topological polar surface area (TPSA) is 57.6 Å². The highest BCUT2D eigenvalue weighted by Crippen LogP contribution is 2.44. The third-order valence-corrected chi connectivity index (χ3v) is 5.42. The zero-order chi connectivity index (χ0) is 21.4. The molecule has 6 heteroatoms. The summed E-state index contributed by atoms with van der Waals surface area (Å²) in [6.07, 6.45) is 0. The number of aliphatic hydroxyl groups is 1. The second kappa shape index (κ2) is 7.76. The maximum absolute atomic E-state index is 13.4. The molecule has 0 spiro atoms. The van der Waals surface area contributed by atoms with E-state index >= 15 is 0 Å². The van der Waals surface area contributed by atoms with Crippen LogP contribution in [0.25, 0.3) is 5.76 Å². The molecular formula is C24H17ClFNO3. The number of aryl methyl sites for hydroxylation is 1. The summed E-state index contributed by atoms with van der Waals surface area (Å²) in [7, 11) is 0. The fourth-order valence-corrected chi connectivity index (χ4v) is 3.80. The SMILES string of the molecule is Cc1ccc(/C(O)=C2\C(=O)C(=O)N(c3ccc(F)cc3)C2c2ccccc2Cl)cc1. The lowest BCUT2D eigenvalue weighted by Crippen LogP contribution is -2.29. The molecule has 4 nitrogen and oxygen atoms in total. The smallest absolute Gasteiger partial charge is 0.300 e. The van der Waals surface area contributed by atoms with Gasteiger partial charge in [-0.2, -0.15) is 0 Å². The third kappa shape index (κ3) is 3.37. The number of hydrogen-bond donors (Lipinski definition) is 1. The van der Waals surface area contributed by atoms with Crippen LogP contribution in [0.1, 0.15) is 22.7 Å². The summed E-state index contributed by atoms with van der Waals surface area (Å²) in [6, 6.07) is 18.1. The van der Waals surface area contributed by atoms with E-state index in [4.69, 9.17) is 11.6 Å². The number of anilines is 1. The van der Waals surface area contributed by atoms with Crippen LogP contribution < -0.4 is 4.90 Å². The van der Waals surface area contributed by atoms with E-state index in [0.29, 0.717) is 21.8 Å². The van der Waals surface area contributed by atoms with E-state index in [2.05, 4.69) is 0 Å². The highest BCUT2D eigenvalue weighted by molar-refractivity contribution is 6.52. The van der Waals surface area contributed by atoms with Crippen molar-refractivity contribution in [3.63, 3.8) is 0 Å². The minimum atomic E-state index is -0.953. The van der Waals surface area contributed by atoms with Crippen molar-refractivity contribution in [2.45, 2.75) is 13.0 Å². The van der Waals surface area contributed by atoms with Crippen LogP contribution in [-0.4, -0.2) is 16.8 Å². The van der Waals surface area contributed by atoms with Gasteiger partial charge >= 0.3 is 0 Å². The number of nitrogens with zero attached hydrogens (tertiary/aromatic N) is 1. The molecule has 1 amide bonds. The van der Waals surface area contributed by atoms with Crippen molar-refractivity contribution in [1.82, 2.24) is 0 Å². The molecule has 0 bridgehead atoms. The zero-order valence-corrected chi connectivity index (χ0v) is 16.7. The number of aliphatic hydroxyl groups excluding tert-OH is 1. The van der Waals surface area contributed by atoms with Crippen molar-refractivity contribution in [1.29, 1.82) is 0 Å². The number of halogens is 2. The summed E-state index contributed by atoms with van der Waals surface area (Å²) >= 11 is 6.40. The van der Waals surface area contributed by atoms with E-state index in [0.717, 1.165) is 5.56 Å². The zero-order valence-electron chi connectivity index (χ0n) is 16.0. The van der Waals surface area contributed by atoms with Gasteiger partial charge in [-0.05, 0) is 42.8 Å². The molecule has 0 saturated carbocycles. The van der Waals surface area contributed by atoms with E-state index in [1.54, 1.807) is 48.5 Å². The summed E-state index contributed by atoms with van der Waals surface area (Å²) in [4.78, 5) is 27.2. The van der Waals surface area contributed by atoms with Gasteiger partial charge < -0.3 is 5.11 Å². The Morgan fingerprint density at radius 2 is 1.60 bits per heavy atom. The maximum atomic E-state index is 13.4. The molecule has 0 aromatic heterocycles. The van der Waals surface area contributed by atoms with Crippen LogP contribution in [0, 0.1) is 12.7 Å². The maximum Gasteiger partial charge on any atom is 0.300 e. The quantitative estimate of drug-likeness (QED) is 0.349. The van der Waals surface area contributed by atoms with E-state index in [1.807, 2.05) is 6.92 Å². The molecule has 150 valence electrons. The summed E-state index contributed by atoms with van der Waals surface area (Å²) in [5.41, 5.74) is 2.14. The van der Waals surface area contributed by atoms with Gasteiger partial charge in [0.05, 0.1) is 11.6 Å². The Balaban J connectivity index is 1.96. The van der Waals surface area contributed by atoms with Crippen LogP contribution in [0.2, 0.25) is 5.02 Å². The Bertz CT molecular complexity index is 1170. The molecule has 1 saturated heterocycles. The van der Waals surface area contributed by atoms with Crippen molar-refractivity contribution in [3.05, 3.63) is 106 Å². The first-order chi connectivity index (χ1) is 14.4. The van der Waals surface area contributed by atoms with Crippen LogP contribution in [-0.2, 0) is 9.59 Å². The molecule has 1 unspecified atom stereocenters. The van der Waals surface area contributed by atoms with Crippen molar-refractivity contribution in [2.75, 3.05) is 4.90 Å². The van der Waals surface area contributed by atoms with Gasteiger partial charge in [0.2, 0.25) is 0 Å². The van der Waals surface area contributed by atoms with Crippen LogP contribution in [0.4, 0.5) is 10.1 Å². The van der Waals surface area contributed by atoms with E-state index in [-0.39, 0.29) is 11.3 Å². The molecule has 3 aromatic carbocycles. The first-order valence-corrected chi connectivity index (χ1v) is 9.64. The molecule has 3 aromatic rings. The molecule has 4 rings (SSSR count). The number of Topliss-reactive ketones (excluding diaryl/α,β-unsaturated/α-hetero) is 1. The number of carbonyl (C=O) groups is 2. The van der Waals surface area contributed by atoms with Crippen LogP contribution >= 0.6 is 11.6 Å². The first kappa shape index (κ1) is 19.9. The van der Waals surface area contributed by atoms with Crippen LogP contribution in [0.5, 0.6) is 0 Å². The highest BCUT2D eigenvalue weighted by atomic mass is 35.5. The first-order valence-electron chi connectivity index (χ1n) is 9.26. The predicted octanol–water partition coefficient (Wildman–Crippen LogP) is 5.41. The molecule has 1 aliphatic rings. The fourth-order valence-electron chi connectivity index (χ4n) is 3.56. The van der Waals surface area contributed by atoms with Crippen molar-refractivity contribution in [2.24, 2.45) is 0 Å². The molecule has 1 N–H and O–H groups in total. The Hall–Kier alpha value is -3.44. The normalized spacial score (nSPS) is 18.1. The highest BCUT2D eigenvalue weighted by Gasteiger charge is 2.47. The summed E-state index contributed by atoms with van der Waals surface area (Å²) in [5, 5.41) is 11.3. The van der Waals surface area contributed by atoms with Gasteiger partial charge in [0, 0.05) is 16.3 Å². The minimum Gasteiger partial charge on any atom is -0.507 e. The van der Waals surface area contributed by atoms with Crippen molar-refractivity contribution < 1.29 is 19.1 Å². The molecule has 1 heterocycles. The van der Waals surface area contributed by atoms with Crippen molar-refractivity contribution in [3.8, 4) is 0 Å². The molecule has 0 radical (unpaired) electrons. The van der Waals surface area contributed by atoms with E-state index in [9.17, 15) is 19.1 Å². The third-order valence-electron chi connectivity index (χ3n) is 5.07. The number of amides is 1. The van der Waals surface area contributed by atoms with Crippen LogP contribution in [0.3, 0.4) is 0 Å².